The van der Waals surface area contributed by atoms with Gasteiger partial charge in [0.05, 0.1) is 6.34 Å². The third-order valence-corrected chi connectivity index (χ3v) is 0.923. The Morgan fingerprint density at radius 3 is 2.58 bits per heavy atom. The van der Waals surface area contributed by atoms with Gasteiger partial charge >= 0.3 is 0 Å². The van der Waals surface area contributed by atoms with Crippen LogP contribution in [0.5, 0.6) is 0 Å². The largest absolute Gasteiger partial charge is 0.403 e. The van der Waals surface area contributed by atoms with E-state index in [-0.39, 0.29) is 5.57 Å². The Morgan fingerprint density at radius 2 is 2.25 bits per heavy atom. The molecule has 0 saturated heterocycles. The molecule has 0 spiro atoms. The van der Waals surface area contributed by atoms with Crippen LogP contribution in [0.1, 0.15) is 0 Å². The molecule has 64 valence electrons. The second-order valence-electron chi connectivity index (χ2n) is 2.21. The number of carbonyl (C=O) groups is 1. The van der Waals surface area contributed by atoms with Gasteiger partial charge in [0.2, 0.25) is 0 Å². The van der Waals surface area contributed by atoms with E-state index in [0.717, 1.165) is 6.20 Å². The lowest BCUT2D eigenvalue weighted by atomic mass is 10.3. The maximum absolute atomic E-state index is 10.9. The number of nitrogens with two attached hydrogens (primary N) is 1. The number of hydrogen-bond donors (Lipinski definition) is 1. The molecular weight excluding hydrogens is 156 g/mol. The van der Waals surface area contributed by atoms with Gasteiger partial charge in [-0.15, -0.1) is 0 Å². The van der Waals surface area contributed by atoms with Gasteiger partial charge in [-0.1, -0.05) is 0 Å². The van der Waals surface area contributed by atoms with Crippen LogP contribution in [0.25, 0.3) is 0 Å². The molecule has 0 aliphatic rings. The first-order chi connectivity index (χ1) is 5.61. The number of rotatable bonds is 2. The van der Waals surface area contributed by atoms with E-state index >= 15 is 0 Å². The normalized spacial score (nSPS) is 11.2. The van der Waals surface area contributed by atoms with Crippen LogP contribution < -0.4 is 5.73 Å². The Bertz CT molecular complexity index is 259. The van der Waals surface area contributed by atoms with Gasteiger partial charge in [0.1, 0.15) is 11.6 Å². The lowest BCUT2D eigenvalue weighted by Gasteiger charge is -2.00. The van der Waals surface area contributed by atoms with Crippen molar-refractivity contribution in [3.63, 3.8) is 0 Å². The van der Waals surface area contributed by atoms with E-state index in [1.165, 1.54) is 6.34 Å². The van der Waals surface area contributed by atoms with Gasteiger partial charge in [0.15, 0.2) is 0 Å². The monoisotopic (exact) mass is 166 g/mol. The minimum Gasteiger partial charge on any atom is -0.403 e. The Morgan fingerprint density at radius 1 is 1.67 bits per heavy atom. The highest BCUT2D eigenvalue weighted by atomic mass is 16.1. The van der Waals surface area contributed by atoms with Gasteiger partial charge in [0, 0.05) is 20.3 Å². The molecule has 1 amide bonds. The number of hydrogen-bond acceptors (Lipinski definition) is 3. The molecule has 0 radical (unpaired) electrons. The summed E-state index contributed by atoms with van der Waals surface area (Å²) < 4.78 is 0. The summed E-state index contributed by atoms with van der Waals surface area (Å²) in [7, 11) is 3.43. The molecule has 0 bridgehead atoms. The predicted molar refractivity (Wildman–Crippen MR) is 45.1 cm³/mol. The van der Waals surface area contributed by atoms with Gasteiger partial charge in [-0.2, -0.15) is 10.3 Å². The summed E-state index contributed by atoms with van der Waals surface area (Å²) in [5, 5.41) is 8.36. The fourth-order valence-corrected chi connectivity index (χ4v) is 0.394. The average Bonchev–Trinajstić information content (AvgIpc) is 2.03. The first-order valence-electron chi connectivity index (χ1n) is 3.18. The van der Waals surface area contributed by atoms with Gasteiger partial charge in [0.25, 0.3) is 5.91 Å². The van der Waals surface area contributed by atoms with Gasteiger partial charge in [-0.25, -0.2) is 0 Å². The third-order valence-electron chi connectivity index (χ3n) is 0.923. The fraction of sp³-hybridized carbons (Fsp3) is 0.286. The Balaban J connectivity index is 4.34. The van der Waals surface area contributed by atoms with Crippen LogP contribution in [0.15, 0.2) is 16.8 Å². The molecule has 0 aromatic heterocycles. The fourth-order valence-electron chi connectivity index (χ4n) is 0.394. The van der Waals surface area contributed by atoms with Crippen LogP contribution in [0.3, 0.4) is 0 Å². The molecular formula is C7H10N4O. The van der Waals surface area contributed by atoms with Crippen molar-refractivity contribution in [3.8, 4) is 6.07 Å². The molecule has 0 aliphatic heterocycles. The lowest BCUT2D eigenvalue weighted by molar-refractivity contribution is -0.114. The molecule has 12 heavy (non-hydrogen) atoms. The molecule has 0 heterocycles. The van der Waals surface area contributed by atoms with E-state index in [1.54, 1.807) is 25.1 Å². The number of aliphatic imine (C=N–C) groups is 1. The first kappa shape index (κ1) is 10.2. The summed E-state index contributed by atoms with van der Waals surface area (Å²) in [4.78, 5) is 16.0. The molecule has 2 N–H and O–H groups in total. The van der Waals surface area contributed by atoms with E-state index in [0.29, 0.717) is 0 Å². The maximum atomic E-state index is 10.9. The third kappa shape index (κ3) is 3.37. The van der Waals surface area contributed by atoms with Crippen LogP contribution in [-0.4, -0.2) is 31.2 Å². The number of carbonyl (C=O) groups excluding carboxylic acids is 1. The standard InChI is InChI=1S/C7H10N4O/c1-11(2)5-10-7(12)6(3-8)4-9/h3,5H,8H2,1-2H3/b6-3+,10-5?. The minimum absolute atomic E-state index is 0.159. The van der Waals surface area contributed by atoms with E-state index in [4.69, 9.17) is 11.0 Å². The topological polar surface area (TPSA) is 82.5 Å². The number of nitriles is 1. The summed E-state index contributed by atoms with van der Waals surface area (Å²) >= 11 is 0. The second-order valence-corrected chi connectivity index (χ2v) is 2.21. The van der Waals surface area contributed by atoms with Crippen LogP contribution in [0.2, 0.25) is 0 Å². The molecule has 0 saturated carbocycles. The van der Waals surface area contributed by atoms with Gasteiger partial charge < -0.3 is 10.6 Å². The van der Waals surface area contributed by atoms with E-state index in [2.05, 4.69) is 4.99 Å². The summed E-state index contributed by atoms with van der Waals surface area (Å²) in [6.07, 6.45) is 2.25. The first-order valence-corrected chi connectivity index (χ1v) is 3.18. The minimum atomic E-state index is -0.631. The zero-order chi connectivity index (χ0) is 9.56. The smallest absolute Gasteiger partial charge is 0.290 e. The molecule has 0 aromatic rings. The van der Waals surface area contributed by atoms with Crippen LogP contribution >= 0.6 is 0 Å². The zero-order valence-corrected chi connectivity index (χ0v) is 6.98. The van der Waals surface area contributed by atoms with Crippen molar-refractivity contribution in [3.05, 3.63) is 11.8 Å². The molecule has 0 atom stereocenters. The molecule has 5 heteroatoms. The molecule has 0 unspecified atom stereocenters. The van der Waals surface area contributed by atoms with E-state index < -0.39 is 5.91 Å². The number of amides is 1. The lowest BCUT2D eigenvalue weighted by Crippen LogP contribution is -2.10. The highest BCUT2D eigenvalue weighted by Crippen LogP contribution is 1.91. The Hall–Kier alpha value is -1.83. The zero-order valence-electron chi connectivity index (χ0n) is 6.98. The summed E-state index contributed by atoms with van der Waals surface area (Å²) in [5.74, 6) is -0.631. The quantitative estimate of drug-likeness (QED) is 0.259. The summed E-state index contributed by atoms with van der Waals surface area (Å²) in [6.45, 7) is 0. The van der Waals surface area contributed by atoms with Gasteiger partial charge in [-0.05, 0) is 0 Å². The average molecular weight is 166 g/mol. The summed E-state index contributed by atoms with van der Waals surface area (Å²) in [5.41, 5.74) is 4.84. The van der Waals surface area contributed by atoms with Crippen molar-refractivity contribution in [1.29, 1.82) is 5.26 Å². The maximum Gasteiger partial charge on any atom is 0.290 e. The van der Waals surface area contributed by atoms with E-state index in [9.17, 15) is 4.79 Å². The molecule has 0 aliphatic carbocycles. The van der Waals surface area contributed by atoms with Crippen molar-refractivity contribution in [2.45, 2.75) is 0 Å². The molecule has 0 aromatic carbocycles. The molecule has 0 fully saturated rings. The highest BCUT2D eigenvalue weighted by molar-refractivity contribution is 6.01. The molecule has 0 rings (SSSR count). The van der Waals surface area contributed by atoms with Crippen molar-refractivity contribution >= 4 is 12.2 Å². The number of nitrogens with zero attached hydrogens (tertiary/aromatic N) is 3. The highest BCUT2D eigenvalue weighted by Gasteiger charge is 2.04. The van der Waals surface area contributed by atoms with Crippen LogP contribution in [0.4, 0.5) is 0 Å². The van der Waals surface area contributed by atoms with Crippen molar-refractivity contribution in [1.82, 2.24) is 4.90 Å². The Labute approximate surface area is 70.8 Å². The van der Waals surface area contributed by atoms with Gasteiger partial charge in [-0.3, -0.25) is 4.79 Å². The summed E-state index contributed by atoms with van der Waals surface area (Å²) in [6, 6.07) is 1.63. The van der Waals surface area contributed by atoms with Crippen LogP contribution in [0, 0.1) is 11.3 Å². The van der Waals surface area contributed by atoms with Crippen molar-refractivity contribution in [2.24, 2.45) is 10.7 Å². The predicted octanol–water partition coefficient (Wildman–Crippen LogP) is -0.531. The second kappa shape index (κ2) is 4.91. The molecule has 5 nitrogen and oxygen atoms in total. The van der Waals surface area contributed by atoms with Crippen LogP contribution in [-0.2, 0) is 4.79 Å². The SMILES string of the molecule is CN(C)C=NC(=O)/C(C#N)=C/N. The van der Waals surface area contributed by atoms with Crippen molar-refractivity contribution < 1.29 is 4.79 Å². The Kier molecular flexibility index (Phi) is 4.16. The van der Waals surface area contributed by atoms with Crippen molar-refractivity contribution in [2.75, 3.05) is 14.1 Å². The van der Waals surface area contributed by atoms with E-state index in [1.807, 2.05) is 0 Å².